The molecule has 0 amide bonds. The molecule has 0 fully saturated rings. The van der Waals surface area contributed by atoms with Gasteiger partial charge < -0.3 is 14.9 Å². The van der Waals surface area contributed by atoms with Gasteiger partial charge in [-0.05, 0) is 12.5 Å². The van der Waals surface area contributed by atoms with Crippen LogP contribution >= 0.6 is 0 Å². The Morgan fingerprint density at radius 3 is 2.94 bits per heavy atom. The van der Waals surface area contributed by atoms with Gasteiger partial charge in [0.05, 0.1) is 19.8 Å². The number of fused-ring (bicyclic) bond motifs is 1. The fourth-order valence-corrected chi connectivity index (χ4v) is 1.81. The van der Waals surface area contributed by atoms with Gasteiger partial charge in [0, 0.05) is 10.9 Å². The zero-order valence-electron chi connectivity index (χ0n) is 9.82. The number of rotatable bonds is 6. The molecule has 0 spiro atoms. The fraction of sp³-hybridized carbons (Fsp3) is 0.286. The van der Waals surface area contributed by atoms with E-state index in [1.165, 1.54) is 0 Å². The van der Waals surface area contributed by atoms with E-state index in [4.69, 9.17) is 14.9 Å². The van der Waals surface area contributed by atoms with Crippen LogP contribution in [0.2, 0.25) is 0 Å². The summed E-state index contributed by atoms with van der Waals surface area (Å²) in [6, 6.07) is 7.92. The minimum atomic E-state index is 0.398. The van der Waals surface area contributed by atoms with Gasteiger partial charge in [-0.3, -0.25) is 0 Å². The lowest BCUT2D eigenvalue weighted by molar-refractivity contribution is 0.125. The number of para-hydroxylation sites is 1. The minimum absolute atomic E-state index is 0.398. The molecule has 0 atom stereocenters. The Morgan fingerprint density at radius 1 is 1.35 bits per heavy atom. The largest absolute Gasteiger partial charge is 0.459 e. The van der Waals surface area contributed by atoms with Crippen molar-refractivity contribution in [3.05, 3.63) is 48.2 Å². The van der Waals surface area contributed by atoms with Crippen molar-refractivity contribution in [2.24, 2.45) is 5.73 Å². The number of hydrogen-bond donors (Lipinski definition) is 1. The quantitative estimate of drug-likeness (QED) is 0.614. The molecule has 3 nitrogen and oxygen atoms in total. The molecule has 0 unspecified atom stereocenters. The second kappa shape index (κ2) is 5.66. The van der Waals surface area contributed by atoms with Gasteiger partial charge in [-0.1, -0.05) is 24.3 Å². The van der Waals surface area contributed by atoms with Crippen molar-refractivity contribution in [3.63, 3.8) is 0 Å². The summed E-state index contributed by atoms with van der Waals surface area (Å²) in [5, 5.41) is 1.09. The average Bonchev–Trinajstić information content (AvgIpc) is 2.73. The standard InChI is InChI=1S/C14H17NO2/c1-2-3-8-16-10-12-11-6-4-5-7-13(11)17-14(12)9-15/h2,4-7H,1,3,8-10,15H2. The number of furan rings is 1. The lowest BCUT2D eigenvalue weighted by Crippen LogP contribution is -2.01. The highest BCUT2D eigenvalue weighted by atomic mass is 16.5. The summed E-state index contributed by atoms with van der Waals surface area (Å²) in [6.07, 6.45) is 2.70. The van der Waals surface area contributed by atoms with Crippen LogP contribution in [0.5, 0.6) is 0 Å². The van der Waals surface area contributed by atoms with Crippen molar-refractivity contribution in [3.8, 4) is 0 Å². The van der Waals surface area contributed by atoms with E-state index in [9.17, 15) is 0 Å². The average molecular weight is 231 g/mol. The van der Waals surface area contributed by atoms with Crippen LogP contribution in [-0.2, 0) is 17.9 Å². The molecular formula is C14H17NO2. The molecule has 0 aliphatic carbocycles. The van der Waals surface area contributed by atoms with Crippen LogP contribution in [0.1, 0.15) is 17.7 Å². The number of ether oxygens (including phenoxy) is 1. The molecule has 2 aromatic rings. The van der Waals surface area contributed by atoms with Gasteiger partial charge >= 0.3 is 0 Å². The predicted octanol–water partition coefficient (Wildman–Crippen LogP) is 2.98. The van der Waals surface area contributed by atoms with Gasteiger partial charge in [-0.15, -0.1) is 6.58 Å². The lowest BCUT2D eigenvalue weighted by Gasteiger charge is -2.02. The van der Waals surface area contributed by atoms with Crippen molar-refractivity contribution in [1.82, 2.24) is 0 Å². The van der Waals surface area contributed by atoms with Crippen LogP contribution in [0.25, 0.3) is 11.0 Å². The van der Waals surface area contributed by atoms with E-state index in [0.717, 1.165) is 28.7 Å². The van der Waals surface area contributed by atoms with Crippen molar-refractivity contribution in [1.29, 1.82) is 0 Å². The minimum Gasteiger partial charge on any atom is -0.459 e. The molecule has 2 rings (SSSR count). The smallest absolute Gasteiger partial charge is 0.134 e. The molecule has 1 aromatic heterocycles. The highest BCUT2D eigenvalue weighted by Gasteiger charge is 2.12. The van der Waals surface area contributed by atoms with Gasteiger partial charge in [0.1, 0.15) is 11.3 Å². The SMILES string of the molecule is C=CCCOCc1c(CN)oc2ccccc12. The van der Waals surface area contributed by atoms with Crippen molar-refractivity contribution >= 4 is 11.0 Å². The van der Waals surface area contributed by atoms with Gasteiger partial charge in [-0.25, -0.2) is 0 Å². The first kappa shape index (κ1) is 11.9. The molecule has 2 N–H and O–H groups in total. The normalized spacial score (nSPS) is 10.9. The first-order valence-electron chi connectivity index (χ1n) is 5.74. The molecule has 1 heterocycles. The summed E-state index contributed by atoms with van der Waals surface area (Å²) in [6.45, 7) is 5.27. The maximum absolute atomic E-state index is 5.68. The summed E-state index contributed by atoms with van der Waals surface area (Å²) >= 11 is 0. The van der Waals surface area contributed by atoms with E-state index in [1.807, 2.05) is 30.3 Å². The van der Waals surface area contributed by atoms with Crippen LogP contribution in [-0.4, -0.2) is 6.61 Å². The van der Waals surface area contributed by atoms with Crippen LogP contribution in [0.15, 0.2) is 41.3 Å². The molecule has 0 aliphatic heterocycles. The van der Waals surface area contributed by atoms with E-state index < -0.39 is 0 Å². The van der Waals surface area contributed by atoms with E-state index in [2.05, 4.69) is 6.58 Å². The molecule has 0 saturated heterocycles. The highest BCUT2D eigenvalue weighted by Crippen LogP contribution is 2.26. The van der Waals surface area contributed by atoms with Crippen LogP contribution in [0, 0.1) is 0 Å². The zero-order chi connectivity index (χ0) is 12.1. The maximum Gasteiger partial charge on any atom is 0.134 e. The van der Waals surface area contributed by atoms with Gasteiger partial charge in [0.25, 0.3) is 0 Å². The first-order valence-corrected chi connectivity index (χ1v) is 5.74. The van der Waals surface area contributed by atoms with Crippen molar-refractivity contribution in [2.45, 2.75) is 19.6 Å². The molecule has 1 aromatic carbocycles. The monoisotopic (exact) mass is 231 g/mol. The third-order valence-corrected chi connectivity index (χ3v) is 2.68. The maximum atomic E-state index is 5.68. The Balaban J connectivity index is 2.21. The lowest BCUT2D eigenvalue weighted by atomic mass is 10.1. The first-order chi connectivity index (χ1) is 8.36. The summed E-state index contributed by atoms with van der Waals surface area (Å²) in [5.41, 5.74) is 7.61. The van der Waals surface area contributed by atoms with Crippen LogP contribution < -0.4 is 5.73 Å². The summed E-state index contributed by atoms with van der Waals surface area (Å²) < 4.78 is 11.3. The van der Waals surface area contributed by atoms with Crippen LogP contribution in [0.4, 0.5) is 0 Å². The molecule has 17 heavy (non-hydrogen) atoms. The fourth-order valence-electron chi connectivity index (χ4n) is 1.81. The van der Waals surface area contributed by atoms with Crippen molar-refractivity contribution < 1.29 is 9.15 Å². The molecule has 0 radical (unpaired) electrons. The molecule has 3 heteroatoms. The second-order valence-electron chi connectivity index (χ2n) is 3.83. The van der Waals surface area contributed by atoms with Gasteiger partial charge in [0.15, 0.2) is 0 Å². The Labute approximate surface area is 101 Å². The van der Waals surface area contributed by atoms with E-state index in [1.54, 1.807) is 0 Å². The topological polar surface area (TPSA) is 48.4 Å². The van der Waals surface area contributed by atoms with Gasteiger partial charge in [0.2, 0.25) is 0 Å². The third kappa shape index (κ3) is 2.57. The molecular weight excluding hydrogens is 214 g/mol. The van der Waals surface area contributed by atoms with Gasteiger partial charge in [-0.2, -0.15) is 0 Å². The number of benzene rings is 1. The third-order valence-electron chi connectivity index (χ3n) is 2.68. The molecule has 90 valence electrons. The second-order valence-corrected chi connectivity index (χ2v) is 3.83. The summed E-state index contributed by atoms with van der Waals surface area (Å²) in [5.74, 6) is 0.810. The Hall–Kier alpha value is -1.58. The van der Waals surface area contributed by atoms with Crippen molar-refractivity contribution in [2.75, 3.05) is 6.61 Å². The zero-order valence-corrected chi connectivity index (χ0v) is 9.82. The Kier molecular flexibility index (Phi) is 3.96. The van der Waals surface area contributed by atoms with E-state index in [0.29, 0.717) is 19.8 Å². The van der Waals surface area contributed by atoms with Crippen LogP contribution in [0.3, 0.4) is 0 Å². The number of hydrogen-bond acceptors (Lipinski definition) is 3. The summed E-state index contributed by atoms with van der Waals surface area (Å²) in [4.78, 5) is 0. The molecule has 0 bridgehead atoms. The highest BCUT2D eigenvalue weighted by molar-refractivity contribution is 5.82. The molecule has 0 aliphatic rings. The van der Waals surface area contributed by atoms with E-state index >= 15 is 0 Å². The predicted molar refractivity (Wildman–Crippen MR) is 68.6 cm³/mol. The number of nitrogens with two attached hydrogens (primary N) is 1. The Bertz CT molecular complexity index is 502. The Morgan fingerprint density at radius 2 is 2.18 bits per heavy atom. The molecule has 0 saturated carbocycles. The van der Waals surface area contributed by atoms with E-state index in [-0.39, 0.29) is 0 Å². The summed E-state index contributed by atoms with van der Waals surface area (Å²) in [7, 11) is 0.